The van der Waals surface area contributed by atoms with Crippen LogP contribution >= 0.6 is 0 Å². The van der Waals surface area contributed by atoms with Gasteiger partial charge in [-0.2, -0.15) is 5.10 Å². The molecular weight excluding hydrogens is 280 g/mol. The lowest BCUT2D eigenvalue weighted by Gasteiger charge is -2.28. The van der Waals surface area contributed by atoms with E-state index >= 15 is 0 Å². The quantitative estimate of drug-likeness (QED) is 0.802. The number of amides is 1. The number of hydrogen-bond acceptors (Lipinski definition) is 4. The van der Waals surface area contributed by atoms with Gasteiger partial charge in [0.2, 0.25) is 0 Å². The SMILES string of the molecule is O=C(N[C@H]1CCC[C@@H](CO)C1)c1ccccc1-c1ncn[nH]1. The molecule has 1 aromatic heterocycles. The average molecular weight is 300 g/mol. The molecule has 116 valence electrons. The highest BCUT2D eigenvalue weighted by Gasteiger charge is 2.24. The molecule has 0 aliphatic heterocycles. The number of nitrogens with one attached hydrogen (secondary N) is 2. The summed E-state index contributed by atoms with van der Waals surface area (Å²) in [4.78, 5) is 16.7. The number of hydrogen-bond donors (Lipinski definition) is 3. The highest BCUT2D eigenvalue weighted by Crippen LogP contribution is 2.25. The molecule has 0 spiro atoms. The van der Waals surface area contributed by atoms with E-state index in [0.717, 1.165) is 31.2 Å². The van der Waals surface area contributed by atoms with Crippen molar-refractivity contribution in [3.8, 4) is 11.4 Å². The molecule has 3 N–H and O–H groups in total. The van der Waals surface area contributed by atoms with Gasteiger partial charge in [0.15, 0.2) is 5.82 Å². The molecule has 0 unspecified atom stereocenters. The Morgan fingerprint density at radius 1 is 1.36 bits per heavy atom. The van der Waals surface area contributed by atoms with Crippen LogP contribution in [-0.2, 0) is 0 Å². The van der Waals surface area contributed by atoms with Crippen LogP contribution in [0.4, 0.5) is 0 Å². The fourth-order valence-corrected chi connectivity index (χ4v) is 3.07. The fraction of sp³-hybridized carbons (Fsp3) is 0.438. The molecule has 1 aliphatic carbocycles. The van der Waals surface area contributed by atoms with Crippen molar-refractivity contribution in [1.82, 2.24) is 20.5 Å². The summed E-state index contributed by atoms with van der Waals surface area (Å²) >= 11 is 0. The van der Waals surface area contributed by atoms with Crippen LogP contribution < -0.4 is 5.32 Å². The summed E-state index contributed by atoms with van der Waals surface area (Å²) in [5, 5.41) is 19.0. The minimum absolute atomic E-state index is 0.101. The zero-order valence-corrected chi connectivity index (χ0v) is 12.3. The lowest BCUT2D eigenvalue weighted by molar-refractivity contribution is 0.0906. The van der Waals surface area contributed by atoms with E-state index in [1.807, 2.05) is 18.2 Å². The van der Waals surface area contributed by atoms with E-state index in [1.54, 1.807) is 6.07 Å². The number of aromatic nitrogens is 3. The molecule has 6 nitrogen and oxygen atoms in total. The zero-order chi connectivity index (χ0) is 15.4. The first-order chi connectivity index (χ1) is 10.8. The van der Waals surface area contributed by atoms with E-state index in [-0.39, 0.29) is 18.6 Å². The highest BCUT2D eigenvalue weighted by atomic mass is 16.3. The summed E-state index contributed by atoms with van der Waals surface area (Å²) in [7, 11) is 0. The number of rotatable bonds is 4. The summed E-state index contributed by atoms with van der Waals surface area (Å²) in [6.45, 7) is 0.195. The monoisotopic (exact) mass is 300 g/mol. The first-order valence-corrected chi connectivity index (χ1v) is 7.64. The number of carbonyl (C=O) groups is 1. The van der Waals surface area contributed by atoms with Crippen molar-refractivity contribution in [2.24, 2.45) is 5.92 Å². The topological polar surface area (TPSA) is 90.9 Å². The Bertz CT molecular complexity index is 627. The Balaban J connectivity index is 1.75. The summed E-state index contributed by atoms with van der Waals surface area (Å²) < 4.78 is 0. The van der Waals surface area contributed by atoms with Gasteiger partial charge in [-0.1, -0.05) is 24.6 Å². The molecule has 0 radical (unpaired) electrons. The lowest BCUT2D eigenvalue weighted by Crippen LogP contribution is -2.39. The molecule has 1 saturated carbocycles. The Kier molecular flexibility index (Phi) is 4.48. The second-order valence-electron chi connectivity index (χ2n) is 5.77. The molecule has 0 bridgehead atoms. The number of aliphatic hydroxyl groups excluding tert-OH is 1. The molecule has 1 heterocycles. The van der Waals surface area contributed by atoms with E-state index in [2.05, 4.69) is 20.5 Å². The number of nitrogens with zero attached hydrogens (tertiary/aromatic N) is 2. The first kappa shape index (κ1) is 14.7. The van der Waals surface area contributed by atoms with Crippen molar-refractivity contribution in [3.63, 3.8) is 0 Å². The maximum absolute atomic E-state index is 12.6. The van der Waals surface area contributed by atoms with Crippen molar-refractivity contribution in [2.45, 2.75) is 31.7 Å². The van der Waals surface area contributed by atoms with Gasteiger partial charge in [-0.15, -0.1) is 0 Å². The summed E-state index contributed by atoms with van der Waals surface area (Å²) in [6, 6.07) is 7.48. The van der Waals surface area contributed by atoms with Crippen LogP contribution in [0.25, 0.3) is 11.4 Å². The second kappa shape index (κ2) is 6.70. The van der Waals surface area contributed by atoms with Crippen LogP contribution in [-0.4, -0.2) is 38.8 Å². The van der Waals surface area contributed by atoms with Crippen molar-refractivity contribution in [1.29, 1.82) is 0 Å². The minimum atomic E-state index is -0.101. The standard InChI is InChI=1S/C16H20N4O2/c21-9-11-4-3-5-12(8-11)19-16(22)14-7-2-1-6-13(14)15-17-10-18-20-15/h1-2,6-7,10-12,21H,3-5,8-9H2,(H,19,22)(H,17,18,20)/t11-,12+/m1/s1. The molecular formula is C16H20N4O2. The molecule has 1 aromatic carbocycles. The van der Waals surface area contributed by atoms with Gasteiger partial charge in [0.1, 0.15) is 6.33 Å². The third-order valence-corrected chi connectivity index (χ3v) is 4.22. The third kappa shape index (κ3) is 3.17. The van der Waals surface area contributed by atoms with Gasteiger partial charge in [0.05, 0.1) is 5.56 Å². The molecule has 0 saturated heterocycles. The van der Waals surface area contributed by atoms with E-state index in [9.17, 15) is 9.90 Å². The maximum atomic E-state index is 12.6. The van der Waals surface area contributed by atoms with Crippen LogP contribution in [0, 0.1) is 5.92 Å². The molecule has 1 fully saturated rings. The van der Waals surface area contributed by atoms with Gasteiger partial charge in [0.25, 0.3) is 5.91 Å². The van der Waals surface area contributed by atoms with Gasteiger partial charge in [-0.05, 0) is 31.2 Å². The van der Waals surface area contributed by atoms with Crippen molar-refractivity contribution >= 4 is 5.91 Å². The molecule has 2 aromatic rings. The lowest BCUT2D eigenvalue weighted by atomic mass is 9.86. The maximum Gasteiger partial charge on any atom is 0.252 e. The smallest absolute Gasteiger partial charge is 0.252 e. The predicted octanol–water partition coefficient (Wildman–Crippen LogP) is 1.75. The van der Waals surface area contributed by atoms with Gasteiger partial charge < -0.3 is 10.4 Å². The number of aliphatic hydroxyl groups is 1. The fourth-order valence-electron chi connectivity index (χ4n) is 3.07. The summed E-state index contributed by atoms with van der Waals surface area (Å²) in [5.41, 5.74) is 1.33. The number of benzene rings is 1. The Hall–Kier alpha value is -2.21. The van der Waals surface area contributed by atoms with Gasteiger partial charge in [-0.3, -0.25) is 9.89 Å². The molecule has 22 heavy (non-hydrogen) atoms. The predicted molar refractivity (Wildman–Crippen MR) is 82.1 cm³/mol. The number of H-pyrrole nitrogens is 1. The second-order valence-corrected chi connectivity index (χ2v) is 5.77. The highest BCUT2D eigenvalue weighted by molar-refractivity contribution is 6.00. The van der Waals surface area contributed by atoms with Crippen LogP contribution in [0.3, 0.4) is 0 Å². The van der Waals surface area contributed by atoms with Crippen molar-refractivity contribution in [3.05, 3.63) is 36.2 Å². The van der Waals surface area contributed by atoms with Crippen LogP contribution in [0.5, 0.6) is 0 Å². The van der Waals surface area contributed by atoms with E-state index < -0.39 is 0 Å². The van der Waals surface area contributed by atoms with Crippen molar-refractivity contribution < 1.29 is 9.90 Å². The summed E-state index contributed by atoms with van der Waals surface area (Å²) in [5.74, 6) is 0.779. The molecule has 6 heteroatoms. The van der Waals surface area contributed by atoms with E-state index in [0.29, 0.717) is 17.3 Å². The molecule has 3 rings (SSSR count). The zero-order valence-electron chi connectivity index (χ0n) is 12.3. The van der Waals surface area contributed by atoms with Crippen LogP contribution in [0.2, 0.25) is 0 Å². The Morgan fingerprint density at radius 2 is 2.23 bits per heavy atom. The molecule has 1 aliphatic rings. The third-order valence-electron chi connectivity index (χ3n) is 4.22. The van der Waals surface area contributed by atoms with Gasteiger partial charge >= 0.3 is 0 Å². The molecule has 2 atom stereocenters. The summed E-state index contributed by atoms with van der Waals surface area (Å²) in [6.07, 6.45) is 5.31. The Morgan fingerprint density at radius 3 is 3.00 bits per heavy atom. The van der Waals surface area contributed by atoms with Crippen LogP contribution in [0.15, 0.2) is 30.6 Å². The van der Waals surface area contributed by atoms with E-state index in [4.69, 9.17) is 0 Å². The Labute approximate surface area is 129 Å². The van der Waals surface area contributed by atoms with Crippen molar-refractivity contribution in [2.75, 3.05) is 6.61 Å². The minimum Gasteiger partial charge on any atom is -0.396 e. The van der Waals surface area contributed by atoms with Gasteiger partial charge in [-0.25, -0.2) is 4.98 Å². The van der Waals surface area contributed by atoms with Crippen LogP contribution in [0.1, 0.15) is 36.0 Å². The first-order valence-electron chi connectivity index (χ1n) is 7.64. The van der Waals surface area contributed by atoms with E-state index in [1.165, 1.54) is 6.33 Å². The largest absolute Gasteiger partial charge is 0.396 e. The number of carbonyl (C=O) groups excluding carboxylic acids is 1. The van der Waals surface area contributed by atoms with Gasteiger partial charge in [0, 0.05) is 18.2 Å². The number of aromatic amines is 1. The normalized spacial score (nSPS) is 21.5. The molecule has 1 amide bonds. The average Bonchev–Trinajstić information content (AvgIpc) is 3.09.